The summed E-state index contributed by atoms with van der Waals surface area (Å²) in [6.45, 7) is 0.969. The third-order valence-electron chi connectivity index (χ3n) is 3.70. The SMILES string of the molecule is O=C(CSc1nc(-c2ccc(F)cc2)no1)c1ccc2c(c1)OCCO2. The number of carbonyl (C=O) groups excluding carboxylic acids is 1. The Kier molecular flexibility index (Phi) is 4.57. The lowest BCUT2D eigenvalue weighted by Crippen LogP contribution is -2.16. The number of benzene rings is 2. The van der Waals surface area contributed by atoms with Crippen LogP contribution in [0.25, 0.3) is 11.4 Å². The van der Waals surface area contributed by atoms with Gasteiger partial charge in [-0.2, -0.15) is 4.98 Å². The van der Waals surface area contributed by atoms with Crippen LogP contribution in [0.1, 0.15) is 10.4 Å². The maximum Gasteiger partial charge on any atom is 0.286 e. The van der Waals surface area contributed by atoms with Crippen LogP contribution in [0.2, 0.25) is 0 Å². The highest BCUT2D eigenvalue weighted by Crippen LogP contribution is 2.31. The van der Waals surface area contributed by atoms with Gasteiger partial charge in [0.1, 0.15) is 19.0 Å². The molecule has 0 unspecified atom stereocenters. The van der Waals surface area contributed by atoms with Gasteiger partial charge in [0.05, 0.1) is 5.75 Å². The molecule has 0 radical (unpaired) electrons. The van der Waals surface area contributed by atoms with Crippen molar-refractivity contribution in [3.05, 3.63) is 53.8 Å². The minimum atomic E-state index is -0.336. The number of fused-ring (bicyclic) bond motifs is 1. The Labute approximate surface area is 152 Å². The van der Waals surface area contributed by atoms with Crippen molar-refractivity contribution in [1.29, 1.82) is 0 Å². The van der Waals surface area contributed by atoms with Gasteiger partial charge in [-0.3, -0.25) is 4.79 Å². The molecule has 2 heterocycles. The molecule has 6 nitrogen and oxygen atoms in total. The molecular formula is C18H13FN2O4S. The molecule has 26 heavy (non-hydrogen) atoms. The predicted molar refractivity (Wildman–Crippen MR) is 92.2 cm³/mol. The summed E-state index contributed by atoms with van der Waals surface area (Å²) in [5, 5.41) is 4.12. The highest BCUT2D eigenvalue weighted by atomic mass is 32.2. The summed E-state index contributed by atoms with van der Waals surface area (Å²) in [5.74, 6) is 1.28. The van der Waals surface area contributed by atoms with Crippen LogP contribution in [-0.4, -0.2) is 34.9 Å². The van der Waals surface area contributed by atoms with Gasteiger partial charge in [0, 0.05) is 11.1 Å². The average molecular weight is 372 g/mol. The fourth-order valence-electron chi connectivity index (χ4n) is 2.41. The van der Waals surface area contributed by atoms with Gasteiger partial charge < -0.3 is 14.0 Å². The molecule has 2 aromatic carbocycles. The lowest BCUT2D eigenvalue weighted by Gasteiger charge is -2.18. The van der Waals surface area contributed by atoms with Gasteiger partial charge in [-0.1, -0.05) is 16.9 Å². The van der Waals surface area contributed by atoms with Crippen LogP contribution in [0.3, 0.4) is 0 Å². The standard InChI is InChI=1S/C18H13FN2O4S/c19-13-4-1-11(2-5-13)17-20-18(25-21-17)26-10-14(22)12-3-6-15-16(9-12)24-8-7-23-15/h1-6,9H,7-8,10H2. The fourth-order valence-corrected chi connectivity index (χ4v) is 3.07. The van der Waals surface area contributed by atoms with Crippen LogP contribution in [-0.2, 0) is 0 Å². The first-order valence-corrected chi connectivity index (χ1v) is 8.83. The van der Waals surface area contributed by atoms with Gasteiger partial charge in [0.2, 0.25) is 5.82 Å². The summed E-state index contributed by atoms with van der Waals surface area (Å²) < 4.78 is 29.0. The van der Waals surface area contributed by atoms with Crippen LogP contribution in [0, 0.1) is 5.82 Å². The van der Waals surface area contributed by atoms with Gasteiger partial charge in [-0.25, -0.2) is 4.39 Å². The molecule has 132 valence electrons. The van der Waals surface area contributed by atoms with E-state index in [2.05, 4.69) is 10.1 Å². The number of Topliss-reactive ketones (excluding diaryl/α,β-unsaturated/α-hetero) is 1. The lowest BCUT2D eigenvalue weighted by molar-refractivity contribution is 0.102. The van der Waals surface area contributed by atoms with Crippen molar-refractivity contribution in [3.63, 3.8) is 0 Å². The Morgan fingerprint density at radius 1 is 1.08 bits per heavy atom. The molecule has 4 rings (SSSR count). The second kappa shape index (κ2) is 7.17. The van der Waals surface area contributed by atoms with Crippen molar-refractivity contribution < 1.29 is 23.2 Å². The molecule has 8 heteroatoms. The third kappa shape index (κ3) is 3.55. The number of carbonyl (C=O) groups is 1. The number of ether oxygens (including phenoxy) is 2. The summed E-state index contributed by atoms with van der Waals surface area (Å²) in [7, 11) is 0. The van der Waals surface area contributed by atoms with Crippen LogP contribution >= 0.6 is 11.8 Å². The second-order valence-corrected chi connectivity index (χ2v) is 6.39. The zero-order valence-electron chi connectivity index (χ0n) is 13.5. The average Bonchev–Trinajstić information content (AvgIpc) is 3.15. The van der Waals surface area contributed by atoms with E-state index >= 15 is 0 Å². The van der Waals surface area contributed by atoms with Gasteiger partial charge in [0.25, 0.3) is 5.22 Å². The van der Waals surface area contributed by atoms with E-state index in [1.54, 1.807) is 30.3 Å². The Balaban J connectivity index is 1.41. The van der Waals surface area contributed by atoms with E-state index in [1.165, 1.54) is 12.1 Å². The van der Waals surface area contributed by atoms with E-state index in [0.29, 0.717) is 41.7 Å². The van der Waals surface area contributed by atoms with Crippen LogP contribution in [0.15, 0.2) is 52.2 Å². The van der Waals surface area contributed by atoms with Crippen LogP contribution < -0.4 is 9.47 Å². The largest absolute Gasteiger partial charge is 0.486 e. The number of halogens is 1. The highest BCUT2D eigenvalue weighted by molar-refractivity contribution is 7.99. The van der Waals surface area contributed by atoms with Crippen LogP contribution in [0.5, 0.6) is 11.5 Å². The molecule has 0 atom stereocenters. The first kappa shape index (κ1) is 16.6. The van der Waals surface area contributed by atoms with Crippen molar-refractivity contribution in [2.45, 2.75) is 5.22 Å². The number of aromatic nitrogens is 2. The Bertz CT molecular complexity index is 943. The number of thioether (sulfide) groups is 1. The molecule has 0 fully saturated rings. The summed E-state index contributed by atoms with van der Waals surface area (Å²) >= 11 is 1.14. The monoisotopic (exact) mass is 372 g/mol. The quantitative estimate of drug-likeness (QED) is 0.500. The first-order chi connectivity index (χ1) is 12.7. The van der Waals surface area contributed by atoms with Gasteiger partial charge >= 0.3 is 0 Å². The summed E-state index contributed by atoms with van der Waals surface area (Å²) in [4.78, 5) is 16.6. The molecule has 0 saturated heterocycles. The van der Waals surface area contributed by atoms with E-state index in [1.807, 2.05) is 0 Å². The van der Waals surface area contributed by atoms with E-state index in [4.69, 9.17) is 14.0 Å². The molecule has 0 N–H and O–H groups in total. The maximum atomic E-state index is 13.0. The summed E-state index contributed by atoms with van der Waals surface area (Å²) in [6, 6.07) is 10.9. The number of nitrogens with zero attached hydrogens (tertiary/aromatic N) is 2. The highest BCUT2D eigenvalue weighted by Gasteiger charge is 2.16. The topological polar surface area (TPSA) is 74.5 Å². The first-order valence-electron chi connectivity index (χ1n) is 7.84. The van der Waals surface area contributed by atoms with Crippen molar-refractivity contribution >= 4 is 17.5 Å². The molecule has 1 aromatic heterocycles. The molecule has 0 saturated carbocycles. The van der Waals surface area contributed by atoms with E-state index in [0.717, 1.165) is 11.8 Å². The van der Waals surface area contributed by atoms with E-state index in [-0.39, 0.29) is 22.6 Å². The number of ketones is 1. The van der Waals surface area contributed by atoms with Crippen LogP contribution in [0.4, 0.5) is 4.39 Å². The van der Waals surface area contributed by atoms with Gasteiger partial charge in [-0.05, 0) is 42.5 Å². The zero-order chi connectivity index (χ0) is 17.9. The lowest BCUT2D eigenvalue weighted by atomic mass is 10.1. The van der Waals surface area contributed by atoms with E-state index in [9.17, 15) is 9.18 Å². The molecule has 0 bridgehead atoms. The minimum absolute atomic E-state index is 0.0893. The second-order valence-electron chi connectivity index (χ2n) is 5.46. The Morgan fingerprint density at radius 3 is 2.65 bits per heavy atom. The molecule has 3 aromatic rings. The molecule has 0 spiro atoms. The maximum absolute atomic E-state index is 13.0. The Morgan fingerprint density at radius 2 is 1.85 bits per heavy atom. The van der Waals surface area contributed by atoms with Crippen molar-refractivity contribution in [1.82, 2.24) is 10.1 Å². The number of hydrogen-bond acceptors (Lipinski definition) is 7. The smallest absolute Gasteiger partial charge is 0.286 e. The molecule has 1 aliphatic heterocycles. The molecule has 0 amide bonds. The normalized spacial score (nSPS) is 12.8. The zero-order valence-corrected chi connectivity index (χ0v) is 14.3. The third-order valence-corrected chi connectivity index (χ3v) is 4.52. The summed E-state index contributed by atoms with van der Waals surface area (Å²) in [6.07, 6.45) is 0. The summed E-state index contributed by atoms with van der Waals surface area (Å²) in [5.41, 5.74) is 1.17. The number of rotatable bonds is 5. The Hall–Kier alpha value is -2.87. The molecular weight excluding hydrogens is 359 g/mol. The fraction of sp³-hybridized carbons (Fsp3) is 0.167. The van der Waals surface area contributed by atoms with Crippen molar-refractivity contribution in [2.24, 2.45) is 0 Å². The van der Waals surface area contributed by atoms with E-state index < -0.39 is 0 Å². The molecule has 0 aliphatic carbocycles. The van der Waals surface area contributed by atoms with Gasteiger partial charge in [-0.15, -0.1) is 0 Å². The molecule has 1 aliphatic rings. The minimum Gasteiger partial charge on any atom is -0.486 e. The van der Waals surface area contributed by atoms with Crippen molar-refractivity contribution in [3.8, 4) is 22.9 Å². The number of hydrogen-bond donors (Lipinski definition) is 0. The predicted octanol–water partition coefficient (Wildman–Crippen LogP) is 3.62. The van der Waals surface area contributed by atoms with Gasteiger partial charge in [0.15, 0.2) is 17.3 Å². The van der Waals surface area contributed by atoms with Crippen molar-refractivity contribution in [2.75, 3.05) is 19.0 Å².